The Morgan fingerprint density at radius 1 is 1.39 bits per heavy atom. The lowest BCUT2D eigenvalue weighted by Crippen LogP contribution is -2.44. The summed E-state index contributed by atoms with van der Waals surface area (Å²) in [6, 6.07) is 8.96. The van der Waals surface area contributed by atoms with Crippen molar-refractivity contribution in [1.29, 1.82) is 0 Å². The first-order valence-electron chi connectivity index (χ1n) is 7.01. The fourth-order valence-electron chi connectivity index (χ4n) is 3.10. The molecule has 0 bridgehead atoms. The van der Waals surface area contributed by atoms with E-state index in [1.807, 2.05) is 0 Å². The SMILES string of the molecule is NC(CN1CCCc2ccccc21)C1CCOC1. The maximum Gasteiger partial charge on any atom is 0.0510 e. The second-order valence-corrected chi connectivity index (χ2v) is 5.47. The molecule has 0 radical (unpaired) electrons. The van der Waals surface area contributed by atoms with Gasteiger partial charge in [0, 0.05) is 37.3 Å². The van der Waals surface area contributed by atoms with Crippen LogP contribution in [0.4, 0.5) is 5.69 Å². The Morgan fingerprint density at radius 3 is 3.11 bits per heavy atom. The number of para-hydroxylation sites is 1. The summed E-state index contributed by atoms with van der Waals surface area (Å²) in [6.07, 6.45) is 3.57. The number of aryl methyl sites for hydroxylation is 1. The molecule has 1 aromatic rings. The molecule has 0 saturated carbocycles. The maximum absolute atomic E-state index is 6.35. The van der Waals surface area contributed by atoms with Crippen molar-refractivity contribution in [3.8, 4) is 0 Å². The highest BCUT2D eigenvalue weighted by Gasteiger charge is 2.26. The van der Waals surface area contributed by atoms with E-state index in [9.17, 15) is 0 Å². The Hall–Kier alpha value is -1.06. The number of rotatable bonds is 3. The van der Waals surface area contributed by atoms with Gasteiger partial charge < -0.3 is 15.4 Å². The van der Waals surface area contributed by atoms with E-state index in [0.29, 0.717) is 5.92 Å². The molecule has 1 saturated heterocycles. The van der Waals surface area contributed by atoms with Gasteiger partial charge in [0.15, 0.2) is 0 Å². The Labute approximate surface area is 109 Å². The van der Waals surface area contributed by atoms with E-state index >= 15 is 0 Å². The van der Waals surface area contributed by atoms with Crippen molar-refractivity contribution in [2.75, 3.05) is 31.2 Å². The molecule has 2 aliphatic rings. The van der Waals surface area contributed by atoms with Crippen molar-refractivity contribution in [1.82, 2.24) is 0 Å². The summed E-state index contributed by atoms with van der Waals surface area (Å²) < 4.78 is 5.44. The molecule has 3 heteroatoms. The first kappa shape index (κ1) is 12.0. The normalized spacial score (nSPS) is 24.9. The van der Waals surface area contributed by atoms with Crippen LogP contribution in [0.25, 0.3) is 0 Å². The Kier molecular flexibility index (Phi) is 3.52. The highest BCUT2D eigenvalue weighted by molar-refractivity contribution is 5.55. The number of hydrogen-bond donors (Lipinski definition) is 1. The van der Waals surface area contributed by atoms with Crippen LogP contribution >= 0.6 is 0 Å². The minimum Gasteiger partial charge on any atom is -0.381 e. The third-order valence-corrected chi connectivity index (χ3v) is 4.21. The van der Waals surface area contributed by atoms with Crippen LogP contribution in [0.5, 0.6) is 0 Å². The lowest BCUT2D eigenvalue weighted by Gasteiger charge is -2.34. The van der Waals surface area contributed by atoms with E-state index in [4.69, 9.17) is 10.5 Å². The van der Waals surface area contributed by atoms with Crippen LogP contribution in [-0.4, -0.2) is 32.3 Å². The Morgan fingerprint density at radius 2 is 2.28 bits per heavy atom. The van der Waals surface area contributed by atoms with Gasteiger partial charge >= 0.3 is 0 Å². The number of nitrogens with two attached hydrogens (primary N) is 1. The standard InChI is InChI=1S/C15H22N2O/c16-14(13-7-9-18-11-13)10-17-8-3-5-12-4-1-2-6-15(12)17/h1-2,4,6,13-14H,3,5,7-11,16H2. The van der Waals surface area contributed by atoms with Gasteiger partial charge in [-0.3, -0.25) is 0 Å². The average molecular weight is 246 g/mol. The van der Waals surface area contributed by atoms with Crippen LogP contribution in [0.15, 0.2) is 24.3 Å². The number of benzene rings is 1. The zero-order valence-electron chi connectivity index (χ0n) is 10.8. The van der Waals surface area contributed by atoms with Gasteiger partial charge in [-0.15, -0.1) is 0 Å². The second kappa shape index (κ2) is 5.29. The molecule has 3 rings (SSSR count). The van der Waals surface area contributed by atoms with Gasteiger partial charge in [0.1, 0.15) is 0 Å². The molecule has 2 atom stereocenters. The Balaban J connectivity index is 1.70. The molecule has 0 aromatic heterocycles. The lowest BCUT2D eigenvalue weighted by molar-refractivity contribution is 0.181. The van der Waals surface area contributed by atoms with Crippen LogP contribution in [0, 0.1) is 5.92 Å². The molecular formula is C15H22N2O. The molecule has 2 heterocycles. The van der Waals surface area contributed by atoms with Crippen molar-refractivity contribution >= 4 is 5.69 Å². The predicted octanol–water partition coefficient (Wildman–Crippen LogP) is 1.80. The first-order valence-corrected chi connectivity index (χ1v) is 7.01. The summed E-state index contributed by atoms with van der Waals surface area (Å²) in [6.45, 7) is 3.83. The Bertz CT molecular complexity index is 401. The van der Waals surface area contributed by atoms with Crippen LogP contribution in [0.2, 0.25) is 0 Å². The molecule has 0 amide bonds. The fraction of sp³-hybridized carbons (Fsp3) is 0.600. The maximum atomic E-state index is 6.35. The van der Waals surface area contributed by atoms with E-state index in [2.05, 4.69) is 29.2 Å². The van der Waals surface area contributed by atoms with Crippen molar-refractivity contribution in [3.63, 3.8) is 0 Å². The molecule has 3 nitrogen and oxygen atoms in total. The summed E-state index contributed by atoms with van der Waals surface area (Å²) in [4.78, 5) is 2.46. The smallest absolute Gasteiger partial charge is 0.0510 e. The highest BCUT2D eigenvalue weighted by atomic mass is 16.5. The molecule has 2 N–H and O–H groups in total. The van der Waals surface area contributed by atoms with Crippen molar-refractivity contribution in [2.45, 2.75) is 25.3 Å². The molecular weight excluding hydrogens is 224 g/mol. The van der Waals surface area contributed by atoms with Crippen LogP contribution in [0.1, 0.15) is 18.4 Å². The third-order valence-electron chi connectivity index (χ3n) is 4.21. The number of fused-ring (bicyclic) bond motifs is 1. The fourth-order valence-corrected chi connectivity index (χ4v) is 3.10. The monoisotopic (exact) mass is 246 g/mol. The van der Waals surface area contributed by atoms with Gasteiger partial charge in [0.25, 0.3) is 0 Å². The van der Waals surface area contributed by atoms with E-state index < -0.39 is 0 Å². The van der Waals surface area contributed by atoms with Gasteiger partial charge in [-0.05, 0) is 30.9 Å². The van der Waals surface area contributed by atoms with Crippen LogP contribution in [-0.2, 0) is 11.2 Å². The summed E-state index contributed by atoms with van der Waals surface area (Å²) in [5.74, 6) is 0.541. The van der Waals surface area contributed by atoms with Gasteiger partial charge in [-0.2, -0.15) is 0 Å². The lowest BCUT2D eigenvalue weighted by atomic mass is 9.96. The minimum absolute atomic E-state index is 0.235. The molecule has 2 aliphatic heterocycles. The zero-order valence-corrected chi connectivity index (χ0v) is 10.8. The first-order chi connectivity index (χ1) is 8.84. The summed E-state index contributed by atoms with van der Waals surface area (Å²) >= 11 is 0. The third kappa shape index (κ3) is 2.38. The quantitative estimate of drug-likeness (QED) is 0.884. The topological polar surface area (TPSA) is 38.5 Å². The number of hydrogen-bond acceptors (Lipinski definition) is 3. The van der Waals surface area contributed by atoms with Gasteiger partial charge in [0.05, 0.1) is 6.61 Å². The largest absolute Gasteiger partial charge is 0.381 e. The van der Waals surface area contributed by atoms with Crippen molar-refractivity contribution in [3.05, 3.63) is 29.8 Å². The van der Waals surface area contributed by atoms with E-state index in [1.54, 1.807) is 0 Å². The minimum atomic E-state index is 0.235. The van der Waals surface area contributed by atoms with E-state index in [1.165, 1.54) is 24.1 Å². The number of nitrogens with zero attached hydrogens (tertiary/aromatic N) is 1. The zero-order chi connectivity index (χ0) is 12.4. The molecule has 18 heavy (non-hydrogen) atoms. The molecule has 1 fully saturated rings. The molecule has 0 spiro atoms. The van der Waals surface area contributed by atoms with Gasteiger partial charge in [-0.1, -0.05) is 18.2 Å². The summed E-state index contributed by atoms with van der Waals surface area (Å²) in [5.41, 5.74) is 9.20. The van der Waals surface area contributed by atoms with E-state index in [0.717, 1.165) is 32.7 Å². The number of anilines is 1. The van der Waals surface area contributed by atoms with Gasteiger partial charge in [-0.25, -0.2) is 0 Å². The second-order valence-electron chi connectivity index (χ2n) is 5.47. The van der Waals surface area contributed by atoms with Crippen LogP contribution in [0.3, 0.4) is 0 Å². The highest BCUT2D eigenvalue weighted by Crippen LogP contribution is 2.27. The molecule has 98 valence electrons. The number of ether oxygens (including phenoxy) is 1. The summed E-state index contributed by atoms with van der Waals surface area (Å²) in [7, 11) is 0. The van der Waals surface area contributed by atoms with Gasteiger partial charge in [0.2, 0.25) is 0 Å². The predicted molar refractivity (Wildman–Crippen MR) is 73.9 cm³/mol. The average Bonchev–Trinajstić information content (AvgIpc) is 2.93. The van der Waals surface area contributed by atoms with E-state index in [-0.39, 0.29) is 6.04 Å². The van der Waals surface area contributed by atoms with Crippen molar-refractivity contribution in [2.24, 2.45) is 11.7 Å². The van der Waals surface area contributed by atoms with Crippen molar-refractivity contribution < 1.29 is 4.74 Å². The molecule has 0 aliphatic carbocycles. The molecule has 1 aromatic carbocycles. The molecule has 2 unspecified atom stereocenters. The summed E-state index contributed by atoms with van der Waals surface area (Å²) in [5, 5.41) is 0. The van der Waals surface area contributed by atoms with Crippen LogP contribution < -0.4 is 10.6 Å².